The summed E-state index contributed by atoms with van der Waals surface area (Å²) in [6.07, 6.45) is -0.198. The normalized spacial score (nSPS) is 14.6. The number of para-hydroxylation sites is 1. The number of nitrogens with one attached hydrogen (secondary N) is 1. The number of rotatable bonds is 9. The van der Waals surface area contributed by atoms with E-state index < -0.39 is 5.97 Å². The molecule has 2 amide bonds. The van der Waals surface area contributed by atoms with Crippen LogP contribution in [0.15, 0.2) is 72.8 Å². The van der Waals surface area contributed by atoms with Crippen LogP contribution in [0, 0.1) is 0 Å². The summed E-state index contributed by atoms with van der Waals surface area (Å²) in [4.78, 5) is 29.0. The van der Waals surface area contributed by atoms with Gasteiger partial charge in [0.05, 0.1) is 38.2 Å². The van der Waals surface area contributed by atoms with Crippen LogP contribution in [0.4, 0.5) is 10.5 Å². The lowest BCUT2D eigenvalue weighted by Crippen LogP contribution is -2.51. The van der Waals surface area contributed by atoms with Gasteiger partial charge in [-0.05, 0) is 47.5 Å². The number of hydrogen-bond acceptors (Lipinski definition) is 6. The van der Waals surface area contributed by atoms with Crippen LogP contribution in [0.2, 0.25) is 5.02 Å². The quantitative estimate of drug-likeness (QED) is 0.376. The van der Waals surface area contributed by atoms with Crippen LogP contribution in [0.5, 0.6) is 5.75 Å². The Labute approximate surface area is 228 Å². The maximum Gasteiger partial charge on any atom is 0.339 e. The third-order valence-corrected chi connectivity index (χ3v) is 6.70. The fourth-order valence-electron chi connectivity index (χ4n) is 4.36. The zero-order chi connectivity index (χ0) is 26.9. The van der Waals surface area contributed by atoms with E-state index in [1.807, 2.05) is 48.5 Å². The first-order valence-corrected chi connectivity index (χ1v) is 12.8. The van der Waals surface area contributed by atoms with Gasteiger partial charge in [0.2, 0.25) is 0 Å². The number of benzene rings is 3. The third kappa shape index (κ3) is 7.25. The van der Waals surface area contributed by atoms with E-state index in [4.69, 9.17) is 25.8 Å². The number of carbonyl (C=O) groups excluding carboxylic acids is 2. The van der Waals surface area contributed by atoms with Crippen LogP contribution in [0.3, 0.4) is 0 Å². The molecule has 1 heterocycles. The van der Waals surface area contributed by atoms with Crippen LogP contribution in [-0.4, -0.2) is 68.7 Å². The Morgan fingerprint density at radius 3 is 2.45 bits per heavy atom. The lowest BCUT2D eigenvalue weighted by atomic mass is 10.1. The van der Waals surface area contributed by atoms with Crippen molar-refractivity contribution in [2.45, 2.75) is 12.7 Å². The van der Waals surface area contributed by atoms with Gasteiger partial charge in [-0.1, -0.05) is 48.0 Å². The predicted octanol–water partition coefficient (Wildman–Crippen LogP) is 5.24. The highest BCUT2D eigenvalue weighted by Crippen LogP contribution is 2.26. The highest BCUT2D eigenvalue weighted by molar-refractivity contribution is 6.30. The van der Waals surface area contributed by atoms with Crippen molar-refractivity contribution in [3.63, 3.8) is 0 Å². The maximum absolute atomic E-state index is 12.9. The van der Waals surface area contributed by atoms with Crippen molar-refractivity contribution in [3.8, 4) is 5.75 Å². The minimum atomic E-state index is -0.493. The molecular formula is C29H32ClN3O5. The van der Waals surface area contributed by atoms with E-state index in [1.165, 1.54) is 7.11 Å². The molecule has 0 aromatic heterocycles. The Balaban J connectivity index is 1.38. The first-order chi connectivity index (χ1) is 18.5. The smallest absolute Gasteiger partial charge is 0.339 e. The number of hydrogen-bond donors (Lipinski definition) is 1. The summed E-state index contributed by atoms with van der Waals surface area (Å²) in [5.74, 6) is 0.277. The molecule has 3 aromatic carbocycles. The van der Waals surface area contributed by atoms with E-state index >= 15 is 0 Å². The van der Waals surface area contributed by atoms with Crippen molar-refractivity contribution in [2.24, 2.45) is 0 Å². The number of piperazine rings is 1. The van der Waals surface area contributed by atoms with Crippen molar-refractivity contribution >= 4 is 29.3 Å². The number of amides is 2. The average Bonchev–Trinajstić information content (AvgIpc) is 2.95. The van der Waals surface area contributed by atoms with E-state index in [9.17, 15) is 9.59 Å². The predicted molar refractivity (Wildman–Crippen MR) is 147 cm³/mol. The molecule has 1 saturated heterocycles. The molecule has 1 atom stereocenters. The lowest BCUT2D eigenvalue weighted by Gasteiger charge is -2.36. The molecule has 200 valence electrons. The Morgan fingerprint density at radius 2 is 1.71 bits per heavy atom. The zero-order valence-corrected chi connectivity index (χ0v) is 22.3. The minimum Gasteiger partial charge on any atom is -0.497 e. The molecule has 1 aliphatic rings. The lowest BCUT2D eigenvalue weighted by molar-refractivity contribution is 0.00584. The molecule has 1 N–H and O–H groups in total. The number of ether oxygens (including phenoxy) is 3. The molecule has 0 bridgehead atoms. The van der Waals surface area contributed by atoms with Crippen molar-refractivity contribution in [3.05, 3.63) is 94.5 Å². The molecule has 1 fully saturated rings. The maximum atomic E-state index is 12.9. The molecule has 0 unspecified atom stereocenters. The second kappa shape index (κ2) is 13.3. The van der Waals surface area contributed by atoms with E-state index in [2.05, 4.69) is 10.2 Å². The van der Waals surface area contributed by atoms with Gasteiger partial charge in [-0.3, -0.25) is 4.90 Å². The van der Waals surface area contributed by atoms with Crippen LogP contribution >= 0.6 is 11.6 Å². The second-order valence-electron chi connectivity index (χ2n) is 8.96. The summed E-state index contributed by atoms with van der Waals surface area (Å²) in [7, 11) is 2.96. The van der Waals surface area contributed by atoms with Crippen molar-refractivity contribution in [1.29, 1.82) is 0 Å². The average molecular weight is 538 g/mol. The second-order valence-corrected chi connectivity index (χ2v) is 9.40. The van der Waals surface area contributed by atoms with Gasteiger partial charge in [-0.25, -0.2) is 9.59 Å². The molecule has 3 aromatic rings. The zero-order valence-electron chi connectivity index (χ0n) is 21.6. The van der Waals surface area contributed by atoms with Gasteiger partial charge in [0.15, 0.2) is 0 Å². The van der Waals surface area contributed by atoms with Gasteiger partial charge in [0, 0.05) is 37.7 Å². The van der Waals surface area contributed by atoms with Crippen molar-refractivity contribution < 1.29 is 23.8 Å². The molecule has 0 saturated carbocycles. The number of methoxy groups -OCH3 is 2. The molecule has 8 nitrogen and oxygen atoms in total. The number of anilines is 1. The Kier molecular flexibility index (Phi) is 9.59. The van der Waals surface area contributed by atoms with Gasteiger partial charge in [-0.15, -0.1) is 0 Å². The highest BCUT2D eigenvalue weighted by atomic mass is 35.5. The van der Waals surface area contributed by atoms with Gasteiger partial charge >= 0.3 is 12.0 Å². The Hall–Kier alpha value is -3.59. The van der Waals surface area contributed by atoms with Gasteiger partial charge < -0.3 is 24.4 Å². The molecule has 0 spiro atoms. The van der Waals surface area contributed by atoms with E-state index in [1.54, 1.807) is 36.3 Å². The van der Waals surface area contributed by atoms with Crippen LogP contribution in [0.25, 0.3) is 0 Å². The summed E-state index contributed by atoms with van der Waals surface area (Å²) in [5, 5.41) is 3.52. The summed E-state index contributed by atoms with van der Waals surface area (Å²) in [6.45, 7) is 3.55. The monoisotopic (exact) mass is 537 g/mol. The summed E-state index contributed by atoms with van der Waals surface area (Å²) < 4.78 is 16.6. The molecule has 0 radical (unpaired) electrons. The van der Waals surface area contributed by atoms with Gasteiger partial charge in [0.1, 0.15) is 5.75 Å². The molecule has 38 heavy (non-hydrogen) atoms. The molecule has 0 aliphatic carbocycles. The largest absolute Gasteiger partial charge is 0.497 e. The third-order valence-electron chi connectivity index (χ3n) is 6.46. The fourth-order valence-corrected chi connectivity index (χ4v) is 4.57. The Bertz CT molecular complexity index is 1250. The summed E-state index contributed by atoms with van der Waals surface area (Å²) in [5.41, 5.74) is 2.77. The van der Waals surface area contributed by atoms with Crippen LogP contribution in [0.1, 0.15) is 27.6 Å². The van der Waals surface area contributed by atoms with Crippen molar-refractivity contribution in [2.75, 3.05) is 52.3 Å². The number of halogens is 1. The summed E-state index contributed by atoms with van der Waals surface area (Å²) >= 11 is 6.15. The molecule has 4 rings (SSSR count). The molecular weight excluding hydrogens is 506 g/mol. The Morgan fingerprint density at radius 1 is 0.947 bits per heavy atom. The summed E-state index contributed by atoms with van der Waals surface area (Å²) in [6, 6.07) is 22.1. The topological polar surface area (TPSA) is 80.3 Å². The van der Waals surface area contributed by atoms with E-state index in [0.717, 1.165) is 16.9 Å². The number of carbonyl (C=O) groups is 2. The van der Waals surface area contributed by atoms with Crippen LogP contribution in [-0.2, 0) is 16.1 Å². The number of esters is 1. The van der Waals surface area contributed by atoms with E-state index in [-0.39, 0.29) is 12.1 Å². The molecule has 1 aliphatic heterocycles. The van der Waals surface area contributed by atoms with Crippen LogP contribution < -0.4 is 10.1 Å². The number of urea groups is 1. The first-order valence-electron chi connectivity index (χ1n) is 12.4. The minimum absolute atomic E-state index is 0.198. The highest BCUT2D eigenvalue weighted by Gasteiger charge is 2.25. The fraction of sp³-hybridized carbons (Fsp3) is 0.310. The first kappa shape index (κ1) is 27.4. The molecule has 9 heteroatoms. The van der Waals surface area contributed by atoms with E-state index in [0.29, 0.717) is 55.6 Å². The van der Waals surface area contributed by atoms with Crippen molar-refractivity contribution in [1.82, 2.24) is 9.80 Å². The van der Waals surface area contributed by atoms with Gasteiger partial charge in [-0.2, -0.15) is 0 Å². The van der Waals surface area contributed by atoms with Gasteiger partial charge in [0.25, 0.3) is 0 Å². The SMILES string of the molecule is COC(=O)c1ccccc1NC(=O)N1CCN(C[C@H](OCc2cccc(Cl)c2)c2cccc(OC)c2)CC1. The number of nitrogens with zero attached hydrogens (tertiary/aromatic N) is 2. The standard InChI is InChI=1S/C29H32ClN3O5/c1-36-24-10-6-8-22(18-24)27(38-20-21-7-5-9-23(30)17-21)19-32-13-15-33(16-14-32)29(35)31-26-12-4-3-11-25(26)28(34)37-2/h3-12,17-18,27H,13-16,19-20H2,1-2H3,(H,31,35)/t27-/m0/s1.